The molecular formula is C6H11ClN2O2. The third-order valence-corrected chi connectivity index (χ3v) is 0.713. The van der Waals surface area contributed by atoms with E-state index in [9.17, 15) is 4.79 Å². The van der Waals surface area contributed by atoms with E-state index in [-0.39, 0.29) is 0 Å². The van der Waals surface area contributed by atoms with E-state index < -0.39 is 11.1 Å². The fourth-order valence-electron chi connectivity index (χ4n) is 0.312. The molecule has 0 aliphatic rings. The summed E-state index contributed by atoms with van der Waals surface area (Å²) in [6.45, 7) is 5.23. The molecule has 64 valence electrons. The summed E-state index contributed by atoms with van der Waals surface area (Å²) in [5.74, 6) is 0. The largest absolute Gasteiger partial charge is 0.452 e. The number of amides is 1. The summed E-state index contributed by atoms with van der Waals surface area (Å²) in [6, 6.07) is 0. The first-order chi connectivity index (χ1) is 4.95. The Morgan fingerprint density at radius 1 is 1.64 bits per heavy atom. The van der Waals surface area contributed by atoms with Crippen LogP contribution in [0.15, 0.2) is 10.2 Å². The number of hydrogen-bond acceptors (Lipinski definition) is 3. The lowest BCUT2D eigenvalue weighted by atomic mass is 10.4. The standard InChI is InChI=1S/C6H11ClN2O2/c1-4-11-5(10)8-9-6(2,3)7/h4H2,1-3H3/b9-8+. The van der Waals surface area contributed by atoms with Crippen LogP contribution in [0.2, 0.25) is 0 Å². The molecule has 0 unspecified atom stereocenters. The lowest BCUT2D eigenvalue weighted by Gasteiger charge is -2.04. The summed E-state index contributed by atoms with van der Waals surface area (Å²) in [6.07, 6.45) is -0.707. The van der Waals surface area contributed by atoms with Crippen molar-refractivity contribution in [1.29, 1.82) is 0 Å². The van der Waals surface area contributed by atoms with Crippen molar-refractivity contribution in [1.82, 2.24) is 0 Å². The Morgan fingerprint density at radius 3 is 2.55 bits per heavy atom. The van der Waals surface area contributed by atoms with Gasteiger partial charge < -0.3 is 4.74 Å². The maximum atomic E-state index is 10.5. The molecule has 0 aromatic heterocycles. The van der Waals surface area contributed by atoms with Gasteiger partial charge >= 0.3 is 6.09 Å². The average molecular weight is 179 g/mol. The molecule has 0 aromatic carbocycles. The van der Waals surface area contributed by atoms with Crippen LogP contribution in [0.3, 0.4) is 0 Å². The van der Waals surface area contributed by atoms with Crippen molar-refractivity contribution in [2.45, 2.75) is 25.8 Å². The normalized spacial score (nSPS) is 12.0. The van der Waals surface area contributed by atoms with E-state index in [4.69, 9.17) is 11.6 Å². The first kappa shape index (κ1) is 10.4. The average Bonchev–Trinajstić information content (AvgIpc) is 1.83. The van der Waals surface area contributed by atoms with Crippen molar-refractivity contribution in [3.63, 3.8) is 0 Å². The highest BCUT2D eigenvalue weighted by molar-refractivity contribution is 6.23. The van der Waals surface area contributed by atoms with Gasteiger partial charge in [0.2, 0.25) is 0 Å². The first-order valence-electron chi connectivity index (χ1n) is 3.24. The number of ether oxygens (including phenoxy) is 1. The van der Waals surface area contributed by atoms with Crippen molar-refractivity contribution in [3.05, 3.63) is 0 Å². The van der Waals surface area contributed by atoms with Crippen LogP contribution in [0.4, 0.5) is 4.79 Å². The maximum absolute atomic E-state index is 10.5. The van der Waals surface area contributed by atoms with Gasteiger partial charge in [0, 0.05) is 0 Å². The van der Waals surface area contributed by atoms with Crippen molar-refractivity contribution in [2.75, 3.05) is 6.61 Å². The molecule has 0 atom stereocenters. The number of hydrogen-bond donors (Lipinski definition) is 0. The molecule has 11 heavy (non-hydrogen) atoms. The monoisotopic (exact) mass is 178 g/mol. The second-order valence-corrected chi connectivity index (χ2v) is 3.23. The van der Waals surface area contributed by atoms with Crippen LogP contribution in [0.25, 0.3) is 0 Å². The summed E-state index contributed by atoms with van der Waals surface area (Å²) in [5.41, 5.74) is 0. The quantitative estimate of drug-likeness (QED) is 0.371. The minimum absolute atomic E-state index is 0.292. The maximum Gasteiger partial charge on any atom is 0.452 e. The van der Waals surface area contributed by atoms with Gasteiger partial charge in [-0.1, -0.05) is 16.7 Å². The molecule has 4 nitrogen and oxygen atoms in total. The Labute approximate surface area is 70.6 Å². The molecule has 0 aliphatic heterocycles. The van der Waals surface area contributed by atoms with Gasteiger partial charge in [-0.15, -0.1) is 0 Å². The van der Waals surface area contributed by atoms with E-state index in [1.807, 2.05) is 0 Å². The van der Waals surface area contributed by atoms with Gasteiger partial charge in [-0.2, -0.15) is 5.11 Å². The van der Waals surface area contributed by atoms with Crippen LogP contribution < -0.4 is 0 Å². The zero-order chi connectivity index (χ0) is 8.91. The molecule has 0 aromatic rings. The highest BCUT2D eigenvalue weighted by atomic mass is 35.5. The Kier molecular flexibility index (Phi) is 4.03. The second-order valence-electron chi connectivity index (χ2n) is 2.31. The van der Waals surface area contributed by atoms with Gasteiger partial charge in [0.25, 0.3) is 0 Å². The van der Waals surface area contributed by atoms with Gasteiger partial charge in [-0.25, -0.2) is 4.79 Å². The second kappa shape index (κ2) is 4.28. The highest BCUT2D eigenvalue weighted by Crippen LogP contribution is 2.14. The number of alkyl halides is 1. The van der Waals surface area contributed by atoms with Crippen LogP contribution in [0, 0.1) is 0 Å². The number of carbonyl (C=O) groups is 1. The molecule has 0 saturated carbocycles. The van der Waals surface area contributed by atoms with E-state index in [2.05, 4.69) is 15.0 Å². The van der Waals surface area contributed by atoms with E-state index in [1.54, 1.807) is 20.8 Å². The minimum atomic E-state index is -0.841. The van der Waals surface area contributed by atoms with Crippen LogP contribution in [0.5, 0.6) is 0 Å². The molecule has 1 amide bonds. The third-order valence-electron chi connectivity index (χ3n) is 0.637. The summed E-state index contributed by atoms with van der Waals surface area (Å²) in [4.78, 5) is 9.71. The van der Waals surface area contributed by atoms with Gasteiger partial charge in [0.05, 0.1) is 6.61 Å². The molecule has 5 heteroatoms. The SMILES string of the molecule is CCOC(=O)/N=N/C(C)(C)Cl. The molecule has 0 spiro atoms. The van der Waals surface area contributed by atoms with E-state index in [0.29, 0.717) is 6.61 Å². The fraction of sp³-hybridized carbons (Fsp3) is 0.833. The fourth-order valence-corrected chi connectivity index (χ4v) is 0.350. The van der Waals surface area contributed by atoms with Gasteiger partial charge in [-0.05, 0) is 20.8 Å². The number of azo groups is 1. The Balaban J connectivity index is 3.83. The topological polar surface area (TPSA) is 51.0 Å². The Hall–Kier alpha value is -0.640. The van der Waals surface area contributed by atoms with Gasteiger partial charge in [0.1, 0.15) is 5.00 Å². The molecule has 0 bridgehead atoms. The van der Waals surface area contributed by atoms with Gasteiger partial charge in [-0.3, -0.25) is 0 Å². The van der Waals surface area contributed by atoms with Crippen LogP contribution >= 0.6 is 11.6 Å². The third kappa shape index (κ3) is 7.25. The van der Waals surface area contributed by atoms with E-state index in [0.717, 1.165) is 0 Å². The van der Waals surface area contributed by atoms with E-state index >= 15 is 0 Å². The molecule has 0 radical (unpaired) electrons. The first-order valence-corrected chi connectivity index (χ1v) is 3.62. The minimum Gasteiger partial charge on any atom is -0.447 e. The highest BCUT2D eigenvalue weighted by Gasteiger charge is 2.11. The molecule has 0 aliphatic carbocycles. The van der Waals surface area contributed by atoms with Crippen LogP contribution in [-0.4, -0.2) is 17.7 Å². The lowest BCUT2D eigenvalue weighted by molar-refractivity contribution is 0.161. The smallest absolute Gasteiger partial charge is 0.447 e. The molecule has 0 heterocycles. The summed E-state index contributed by atoms with van der Waals surface area (Å²) < 4.78 is 4.48. The summed E-state index contributed by atoms with van der Waals surface area (Å²) >= 11 is 5.61. The van der Waals surface area contributed by atoms with Crippen molar-refractivity contribution < 1.29 is 9.53 Å². The summed E-state index contributed by atoms with van der Waals surface area (Å²) in [7, 11) is 0. The van der Waals surface area contributed by atoms with Crippen molar-refractivity contribution in [2.24, 2.45) is 10.2 Å². The predicted octanol–water partition coefficient (Wildman–Crippen LogP) is 2.57. The zero-order valence-electron chi connectivity index (χ0n) is 6.80. The lowest BCUT2D eigenvalue weighted by Crippen LogP contribution is -2.05. The molecular weight excluding hydrogens is 168 g/mol. The molecule has 0 rings (SSSR count). The number of carbonyl (C=O) groups excluding carboxylic acids is 1. The van der Waals surface area contributed by atoms with E-state index in [1.165, 1.54) is 0 Å². The number of rotatable bonds is 2. The Bertz CT molecular complexity index is 162. The van der Waals surface area contributed by atoms with Crippen molar-refractivity contribution in [3.8, 4) is 0 Å². The molecule has 0 saturated heterocycles. The molecule has 0 fully saturated rings. The van der Waals surface area contributed by atoms with Crippen molar-refractivity contribution >= 4 is 17.7 Å². The zero-order valence-corrected chi connectivity index (χ0v) is 7.55. The number of halogens is 1. The molecule has 0 N–H and O–H groups in total. The summed E-state index contributed by atoms with van der Waals surface area (Å²) in [5, 5.41) is 6.71. The number of nitrogens with zero attached hydrogens (tertiary/aromatic N) is 2. The van der Waals surface area contributed by atoms with Gasteiger partial charge in [0.15, 0.2) is 0 Å². The van der Waals surface area contributed by atoms with Crippen LogP contribution in [0.1, 0.15) is 20.8 Å². The van der Waals surface area contributed by atoms with Crippen LogP contribution in [-0.2, 0) is 4.74 Å². The predicted molar refractivity (Wildman–Crippen MR) is 41.8 cm³/mol. The Morgan fingerprint density at radius 2 is 2.18 bits per heavy atom.